The molecule has 0 aliphatic carbocycles. The first-order valence-corrected chi connectivity index (χ1v) is 9.19. The van der Waals surface area contributed by atoms with Gasteiger partial charge in [0, 0.05) is 12.0 Å². The fourth-order valence-corrected chi connectivity index (χ4v) is 3.07. The smallest absolute Gasteiger partial charge is 0.321 e. The number of hydrogen-bond donors (Lipinski definition) is 2. The monoisotopic (exact) mass is 337 g/mol. The summed E-state index contributed by atoms with van der Waals surface area (Å²) in [5, 5.41) is 8.77. The fraction of sp³-hybridized carbons (Fsp3) is 0.471. The second kappa shape index (κ2) is 9.33. The number of rotatable bonds is 8. The van der Waals surface area contributed by atoms with E-state index < -0.39 is 22.0 Å². The lowest BCUT2D eigenvalue weighted by atomic mass is 10.1. The lowest BCUT2D eigenvalue weighted by molar-refractivity contribution is -0.138. The third kappa shape index (κ3) is 6.85. The first-order chi connectivity index (χ1) is 10.9. The van der Waals surface area contributed by atoms with Crippen molar-refractivity contribution in [2.24, 2.45) is 0 Å². The molecule has 0 fully saturated rings. The van der Waals surface area contributed by atoms with Crippen molar-refractivity contribution in [3.63, 3.8) is 0 Å². The first-order valence-electron chi connectivity index (χ1n) is 7.71. The quantitative estimate of drug-likeness (QED) is 0.564. The number of hydrogen-bond acceptors (Lipinski definition) is 3. The highest BCUT2D eigenvalue weighted by molar-refractivity contribution is 7.89. The summed E-state index contributed by atoms with van der Waals surface area (Å²) >= 11 is 0. The van der Waals surface area contributed by atoms with Gasteiger partial charge in [0.1, 0.15) is 6.04 Å². The molecule has 0 saturated heterocycles. The number of sulfonamides is 1. The lowest BCUT2D eigenvalue weighted by Crippen LogP contribution is -2.38. The van der Waals surface area contributed by atoms with E-state index in [0.29, 0.717) is 0 Å². The summed E-state index contributed by atoms with van der Waals surface area (Å²) in [4.78, 5) is 10.8. The molecule has 0 amide bonds. The van der Waals surface area contributed by atoms with Crippen molar-refractivity contribution in [1.82, 2.24) is 4.72 Å². The van der Waals surface area contributed by atoms with E-state index in [0.717, 1.165) is 18.4 Å². The van der Waals surface area contributed by atoms with Crippen LogP contribution in [0.5, 0.6) is 0 Å². The SMILES string of the molecule is CCCCCCC#Cc1ccc(S(=O)(=O)N[C@H](C)C(=O)O)cc1. The minimum Gasteiger partial charge on any atom is -0.480 e. The molecule has 0 spiro atoms. The topological polar surface area (TPSA) is 83.5 Å². The van der Waals surface area contributed by atoms with Crippen LogP contribution in [0.15, 0.2) is 29.2 Å². The molecule has 23 heavy (non-hydrogen) atoms. The van der Waals surface area contributed by atoms with E-state index in [1.54, 1.807) is 12.1 Å². The Bertz CT molecular complexity index is 669. The number of aliphatic carboxylic acids is 1. The molecule has 126 valence electrons. The van der Waals surface area contributed by atoms with E-state index in [4.69, 9.17) is 5.11 Å². The molecular weight excluding hydrogens is 314 g/mol. The van der Waals surface area contributed by atoms with Gasteiger partial charge >= 0.3 is 5.97 Å². The highest BCUT2D eigenvalue weighted by Gasteiger charge is 2.21. The predicted octanol–water partition coefficient (Wildman–Crippen LogP) is 2.76. The molecular formula is C17H23NO4S. The van der Waals surface area contributed by atoms with Gasteiger partial charge in [0.05, 0.1) is 4.90 Å². The van der Waals surface area contributed by atoms with Crippen molar-refractivity contribution in [3.8, 4) is 11.8 Å². The Balaban J connectivity index is 2.66. The number of unbranched alkanes of at least 4 members (excludes halogenated alkanes) is 4. The van der Waals surface area contributed by atoms with Crippen LogP contribution in [0.4, 0.5) is 0 Å². The summed E-state index contributed by atoms with van der Waals surface area (Å²) in [6.07, 6.45) is 5.49. The van der Waals surface area contributed by atoms with E-state index in [2.05, 4.69) is 23.5 Å². The van der Waals surface area contributed by atoms with Gasteiger partial charge in [0.2, 0.25) is 10.0 Å². The normalized spacial score (nSPS) is 12.3. The molecule has 1 aromatic rings. The van der Waals surface area contributed by atoms with Crippen molar-refractivity contribution in [3.05, 3.63) is 29.8 Å². The molecule has 0 heterocycles. The van der Waals surface area contributed by atoms with Crippen LogP contribution in [-0.4, -0.2) is 25.5 Å². The van der Waals surface area contributed by atoms with Crippen LogP contribution in [0.3, 0.4) is 0 Å². The standard InChI is InChI=1S/C17H23NO4S/c1-3-4-5-6-7-8-9-15-10-12-16(13-11-15)23(21,22)18-14(2)17(19)20/h10-14,18H,3-7H2,1-2H3,(H,19,20)/t14-/m1/s1. The molecule has 1 atom stereocenters. The second-order valence-corrected chi connectivity index (χ2v) is 7.03. The van der Waals surface area contributed by atoms with Gasteiger partial charge in [-0.05, 0) is 37.6 Å². The maximum absolute atomic E-state index is 12.0. The molecule has 0 radical (unpaired) electrons. The van der Waals surface area contributed by atoms with Crippen LogP contribution >= 0.6 is 0 Å². The Kier molecular flexibility index (Phi) is 7.79. The zero-order valence-corrected chi connectivity index (χ0v) is 14.3. The molecule has 6 heteroatoms. The van der Waals surface area contributed by atoms with Crippen LogP contribution in [0, 0.1) is 11.8 Å². The number of carboxylic acids is 1. The first kappa shape index (κ1) is 19.2. The van der Waals surface area contributed by atoms with Crippen LogP contribution < -0.4 is 4.72 Å². The van der Waals surface area contributed by atoms with Crippen molar-refractivity contribution in [2.45, 2.75) is 56.9 Å². The van der Waals surface area contributed by atoms with Gasteiger partial charge in [0.25, 0.3) is 0 Å². The minimum atomic E-state index is -3.84. The molecule has 0 aliphatic heterocycles. The van der Waals surface area contributed by atoms with Gasteiger partial charge in [-0.25, -0.2) is 8.42 Å². The molecule has 0 unspecified atom stereocenters. The van der Waals surface area contributed by atoms with Gasteiger partial charge < -0.3 is 5.11 Å². The number of carboxylic acid groups (broad SMARTS) is 1. The molecule has 0 saturated carbocycles. The second-order valence-electron chi connectivity index (χ2n) is 5.32. The Labute approximate surface area is 138 Å². The van der Waals surface area contributed by atoms with Gasteiger partial charge in [-0.2, -0.15) is 4.72 Å². The van der Waals surface area contributed by atoms with E-state index in [-0.39, 0.29) is 4.90 Å². The average Bonchev–Trinajstić information content (AvgIpc) is 2.50. The minimum absolute atomic E-state index is 0.0269. The summed E-state index contributed by atoms with van der Waals surface area (Å²) in [7, 11) is -3.84. The summed E-state index contributed by atoms with van der Waals surface area (Å²) in [5.41, 5.74) is 0.741. The van der Waals surface area contributed by atoms with Crippen molar-refractivity contribution < 1.29 is 18.3 Å². The molecule has 2 N–H and O–H groups in total. The van der Waals surface area contributed by atoms with E-state index in [1.165, 1.54) is 38.3 Å². The number of carbonyl (C=O) groups is 1. The maximum Gasteiger partial charge on any atom is 0.321 e. The maximum atomic E-state index is 12.0. The largest absolute Gasteiger partial charge is 0.480 e. The molecule has 0 aromatic heterocycles. The lowest BCUT2D eigenvalue weighted by Gasteiger charge is -2.10. The van der Waals surface area contributed by atoms with E-state index in [9.17, 15) is 13.2 Å². The van der Waals surface area contributed by atoms with E-state index >= 15 is 0 Å². The highest BCUT2D eigenvalue weighted by Crippen LogP contribution is 2.11. The van der Waals surface area contributed by atoms with Crippen molar-refractivity contribution in [2.75, 3.05) is 0 Å². The Morgan fingerprint density at radius 2 is 1.87 bits per heavy atom. The number of nitrogens with one attached hydrogen (secondary N) is 1. The molecule has 5 nitrogen and oxygen atoms in total. The van der Waals surface area contributed by atoms with Crippen molar-refractivity contribution in [1.29, 1.82) is 0 Å². The molecule has 0 aliphatic rings. The Morgan fingerprint density at radius 1 is 1.22 bits per heavy atom. The molecule has 0 bridgehead atoms. The summed E-state index contributed by atoms with van der Waals surface area (Å²) in [6.45, 7) is 3.44. The zero-order valence-electron chi connectivity index (χ0n) is 13.5. The third-order valence-electron chi connectivity index (χ3n) is 3.26. The summed E-state index contributed by atoms with van der Waals surface area (Å²) in [6, 6.07) is 4.93. The highest BCUT2D eigenvalue weighted by atomic mass is 32.2. The van der Waals surface area contributed by atoms with Crippen molar-refractivity contribution >= 4 is 16.0 Å². The van der Waals surface area contributed by atoms with Crippen LogP contribution in [0.1, 0.15) is 51.5 Å². The molecule has 1 rings (SSSR count). The van der Waals surface area contributed by atoms with Gasteiger partial charge in [-0.3, -0.25) is 4.79 Å². The fourth-order valence-electron chi connectivity index (χ4n) is 1.87. The van der Waals surface area contributed by atoms with Gasteiger partial charge in [0.15, 0.2) is 0 Å². The summed E-state index contributed by atoms with van der Waals surface area (Å²) < 4.78 is 26.1. The third-order valence-corrected chi connectivity index (χ3v) is 4.81. The van der Waals surface area contributed by atoms with Gasteiger partial charge in [-0.15, -0.1) is 0 Å². The van der Waals surface area contributed by atoms with Crippen LogP contribution in [0.25, 0.3) is 0 Å². The predicted molar refractivity (Wildman–Crippen MR) is 89.5 cm³/mol. The van der Waals surface area contributed by atoms with E-state index in [1.807, 2.05) is 0 Å². The Morgan fingerprint density at radius 3 is 2.43 bits per heavy atom. The Hall–Kier alpha value is -1.84. The number of benzene rings is 1. The van der Waals surface area contributed by atoms with Crippen LogP contribution in [0.2, 0.25) is 0 Å². The van der Waals surface area contributed by atoms with Crippen LogP contribution in [-0.2, 0) is 14.8 Å². The van der Waals surface area contributed by atoms with Gasteiger partial charge in [-0.1, -0.05) is 38.0 Å². The zero-order chi connectivity index (χ0) is 17.3. The average molecular weight is 337 g/mol. The molecule has 1 aromatic carbocycles. The summed E-state index contributed by atoms with van der Waals surface area (Å²) in [5.74, 6) is 4.85.